The standard InChI is InChI=1S/C18H20N6OS/c1-19-17(25)14-9-20-18(21-10-14)24-6-4-23(5-7-24)11-13-2-3-16-15(8-13)22-12-26-16/h2-3,8-10,12H,4-7,11H2,1H3,(H,19,25). The fourth-order valence-corrected chi connectivity index (χ4v) is 3.77. The highest BCUT2D eigenvalue weighted by molar-refractivity contribution is 7.16. The monoisotopic (exact) mass is 368 g/mol. The summed E-state index contributed by atoms with van der Waals surface area (Å²) in [6.45, 7) is 4.58. The van der Waals surface area contributed by atoms with Gasteiger partial charge in [-0.1, -0.05) is 6.07 Å². The highest BCUT2D eigenvalue weighted by atomic mass is 32.1. The molecule has 1 N–H and O–H groups in total. The van der Waals surface area contributed by atoms with Crippen LogP contribution in [-0.4, -0.2) is 59.0 Å². The minimum absolute atomic E-state index is 0.168. The molecule has 3 heterocycles. The summed E-state index contributed by atoms with van der Waals surface area (Å²) in [5.41, 5.74) is 4.74. The number of fused-ring (bicyclic) bond motifs is 1. The Morgan fingerprint density at radius 1 is 1.15 bits per heavy atom. The largest absolute Gasteiger partial charge is 0.355 e. The predicted octanol–water partition coefficient (Wildman–Crippen LogP) is 1.77. The van der Waals surface area contributed by atoms with Gasteiger partial charge in [0, 0.05) is 52.2 Å². The molecule has 0 radical (unpaired) electrons. The topological polar surface area (TPSA) is 74.2 Å². The molecule has 1 aliphatic heterocycles. The molecule has 2 aromatic heterocycles. The van der Waals surface area contributed by atoms with Gasteiger partial charge >= 0.3 is 0 Å². The number of aromatic nitrogens is 3. The number of carbonyl (C=O) groups excluding carboxylic acids is 1. The van der Waals surface area contributed by atoms with Crippen LogP contribution in [0.2, 0.25) is 0 Å². The van der Waals surface area contributed by atoms with Crippen LogP contribution in [0.25, 0.3) is 10.2 Å². The lowest BCUT2D eigenvalue weighted by Gasteiger charge is -2.34. The quantitative estimate of drug-likeness (QED) is 0.757. The van der Waals surface area contributed by atoms with E-state index in [1.165, 1.54) is 10.3 Å². The fourth-order valence-electron chi connectivity index (χ4n) is 3.11. The van der Waals surface area contributed by atoms with Crippen LogP contribution in [0.3, 0.4) is 0 Å². The van der Waals surface area contributed by atoms with Crippen LogP contribution >= 0.6 is 11.3 Å². The molecule has 7 nitrogen and oxygen atoms in total. The maximum Gasteiger partial charge on any atom is 0.254 e. The van der Waals surface area contributed by atoms with Gasteiger partial charge in [0.15, 0.2) is 0 Å². The molecule has 1 fully saturated rings. The molecule has 0 unspecified atom stereocenters. The molecule has 0 saturated carbocycles. The van der Waals surface area contributed by atoms with E-state index in [-0.39, 0.29) is 5.91 Å². The van der Waals surface area contributed by atoms with Crippen LogP contribution in [0.15, 0.2) is 36.1 Å². The summed E-state index contributed by atoms with van der Waals surface area (Å²) in [5, 5.41) is 2.58. The first-order valence-corrected chi connectivity index (χ1v) is 9.44. The van der Waals surface area contributed by atoms with Crippen LogP contribution < -0.4 is 10.2 Å². The number of amides is 1. The molecule has 4 rings (SSSR count). The molecular formula is C18H20N6OS. The predicted molar refractivity (Wildman–Crippen MR) is 103 cm³/mol. The Hall–Kier alpha value is -2.58. The van der Waals surface area contributed by atoms with E-state index in [0.29, 0.717) is 11.5 Å². The Labute approximate surface area is 155 Å². The maximum absolute atomic E-state index is 11.6. The Kier molecular flexibility index (Phi) is 4.77. The third-order valence-corrected chi connectivity index (χ3v) is 5.39. The van der Waals surface area contributed by atoms with Gasteiger partial charge in [0.05, 0.1) is 21.3 Å². The van der Waals surface area contributed by atoms with Crippen molar-refractivity contribution in [3.05, 3.63) is 47.2 Å². The SMILES string of the molecule is CNC(=O)c1cnc(N2CCN(Cc3ccc4scnc4c3)CC2)nc1. The Morgan fingerprint density at radius 3 is 2.65 bits per heavy atom. The number of anilines is 1. The van der Waals surface area contributed by atoms with Gasteiger partial charge in [0.1, 0.15) is 0 Å². The van der Waals surface area contributed by atoms with Gasteiger partial charge in [0.25, 0.3) is 5.91 Å². The van der Waals surface area contributed by atoms with Gasteiger partial charge in [0.2, 0.25) is 5.95 Å². The van der Waals surface area contributed by atoms with E-state index in [1.807, 2.05) is 5.51 Å². The number of nitrogens with zero attached hydrogens (tertiary/aromatic N) is 5. The molecule has 3 aromatic rings. The van der Waals surface area contributed by atoms with Crippen LogP contribution in [0.5, 0.6) is 0 Å². The molecule has 134 valence electrons. The average molecular weight is 368 g/mol. The fraction of sp³-hybridized carbons (Fsp3) is 0.333. The Morgan fingerprint density at radius 2 is 1.92 bits per heavy atom. The van der Waals surface area contributed by atoms with Gasteiger partial charge in [-0.2, -0.15) is 0 Å². The lowest BCUT2D eigenvalue weighted by molar-refractivity contribution is 0.0962. The van der Waals surface area contributed by atoms with Gasteiger partial charge in [-0.15, -0.1) is 11.3 Å². The molecule has 1 amide bonds. The van der Waals surface area contributed by atoms with Crippen molar-refractivity contribution in [1.82, 2.24) is 25.2 Å². The Bertz CT molecular complexity index is 901. The summed E-state index contributed by atoms with van der Waals surface area (Å²) in [5.74, 6) is 0.514. The molecule has 0 aliphatic carbocycles. The van der Waals surface area contributed by atoms with Gasteiger partial charge in [-0.3, -0.25) is 9.69 Å². The van der Waals surface area contributed by atoms with E-state index in [2.05, 4.69) is 48.3 Å². The van der Waals surface area contributed by atoms with Crippen molar-refractivity contribution in [2.75, 3.05) is 38.1 Å². The number of piperazine rings is 1. The van der Waals surface area contributed by atoms with Crippen LogP contribution in [0.1, 0.15) is 15.9 Å². The van der Waals surface area contributed by atoms with E-state index in [4.69, 9.17) is 0 Å². The number of thiazole rings is 1. The van der Waals surface area contributed by atoms with Crippen molar-refractivity contribution >= 4 is 33.4 Å². The highest BCUT2D eigenvalue weighted by Gasteiger charge is 2.19. The maximum atomic E-state index is 11.6. The zero-order valence-electron chi connectivity index (χ0n) is 14.6. The van der Waals surface area contributed by atoms with Gasteiger partial charge in [-0.25, -0.2) is 15.0 Å². The number of benzene rings is 1. The molecule has 0 atom stereocenters. The lowest BCUT2D eigenvalue weighted by Crippen LogP contribution is -2.46. The summed E-state index contributed by atoms with van der Waals surface area (Å²) in [7, 11) is 1.60. The van der Waals surface area contributed by atoms with E-state index in [1.54, 1.807) is 30.8 Å². The zero-order valence-corrected chi connectivity index (χ0v) is 15.4. The number of hydrogen-bond acceptors (Lipinski definition) is 7. The second-order valence-electron chi connectivity index (χ2n) is 6.27. The summed E-state index contributed by atoms with van der Waals surface area (Å²) in [4.78, 5) is 29.2. The van der Waals surface area contributed by atoms with Crippen molar-refractivity contribution in [3.8, 4) is 0 Å². The van der Waals surface area contributed by atoms with E-state index in [0.717, 1.165) is 38.2 Å². The number of rotatable bonds is 4. The van der Waals surface area contributed by atoms with E-state index in [9.17, 15) is 4.79 Å². The van der Waals surface area contributed by atoms with Crippen LogP contribution in [-0.2, 0) is 6.54 Å². The molecule has 1 saturated heterocycles. The van der Waals surface area contributed by atoms with E-state index >= 15 is 0 Å². The minimum Gasteiger partial charge on any atom is -0.355 e. The summed E-state index contributed by atoms with van der Waals surface area (Å²) in [6.07, 6.45) is 3.16. The first kappa shape index (κ1) is 16.9. The Balaban J connectivity index is 1.35. The molecule has 8 heteroatoms. The van der Waals surface area contributed by atoms with Crippen LogP contribution in [0, 0.1) is 0 Å². The van der Waals surface area contributed by atoms with E-state index < -0.39 is 0 Å². The molecule has 1 aromatic carbocycles. The summed E-state index contributed by atoms with van der Waals surface area (Å²) >= 11 is 1.67. The number of hydrogen-bond donors (Lipinski definition) is 1. The highest BCUT2D eigenvalue weighted by Crippen LogP contribution is 2.20. The summed E-state index contributed by atoms with van der Waals surface area (Å²) < 4.78 is 1.23. The number of nitrogens with one attached hydrogen (secondary N) is 1. The molecule has 0 spiro atoms. The first-order valence-electron chi connectivity index (χ1n) is 8.56. The normalized spacial score (nSPS) is 15.3. The first-order chi connectivity index (χ1) is 12.7. The van der Waals surface area contributed by atoms with Crippen molar-refractivity contribution in [1.29, 1.82) is 0 Å². The average Bonchev–Trinajstić information content (AvgIpc) is 3.16. The number of carbonyl (C=O) groups is 1. The molecular weight excluding hydrogens is 348 g/mol. The second-order valence-corrected chi connectivity index (χ2v) is 7.15. The van der Waals surface area contributed by atoms with Crippen molar-refractivity contribution in [2.24, 2.45) is 0 Å². The molecule has 1 aliphatic rings. The van der Waals surface area contributed by atoms with Crippen molar-refractivity contribution in [3.63, 3.8) is 0 Å². The summed E-state index contributed by atoms with van der Waals surface area (Å²) in [6, 6.07) is 6.52. The molecule has 0 bridgehead atoms. The van der Waals surface area contributed by atoms with Crippen LogP contribution in [0.4, 0.5) is 5.95 Å². The minimum atomic E-state index is -0.168. The van der Waals surface area contributed by atoms with Gasteiger partial charge < -0.3 is 10.2 Å². The van der Waals surface area contributed by atoms with Crippen molar-refractivity contribution < 1.29 is 4.79 Å². The zero-order chi connectivity index (χ0) is 17.9. The third kappa shape index (κ3) is 3.51. The lowest BCUT2D eigenvalue weighted by atomic mass is 10.2. The van der Waals surface area contributed by atoms with Gasteiger partial charge in [-0.05, 0) is 17.7 Å². The molecule has 26 heavy (non-hydrogen) atoms. The smallest absolute Gasteiger partial charge is 0.254 e. The van der Waals surface area contributed by atoms with Crippen molar-refractivity contribution in [2.45, 2.75) is 6.54 Å². The second kappa shape index (κ2) is 7.35. The third-order valence-electron chi connectivity index (χ3n) is 4.58.